The molecule has 4 aromatic rings. The lowest BCUT2D eigenvalue weighted by Crippen LogP contribution is -2.19. The number of nitrogens with one attached hydrogen (secondary N) is 1. The van der Waals surface area contributed by atoms with E-state index in [2.05, 4.69) is 10.3 Å². The van der Waals surface area contributed by atoms with Crippen LogP contribution >= 0.6 is 11.8 Å². The predicted molar refractivity (Wildman–Crippen MR) is 145 cm³/mol. The largest absolute Gasteiger partial charge is 0.497 e. The third-order valence-electron chi connectivity index (χ3n) is 5.70. The average molecular weight is 512 g/mol. The van der Waals surface area contributed by atoms with E-state index in [1.807, 2.05) is 66.7 Å². The number of rotatable bonds is 7. The Kier molecular flexibility index (Phi) is 6.87. The number of carbonyl (C=O) groups is 1. The van der Waals surface area contributed by atoms with Crippen LogP contribution in [-0.2, 0) is 11.4 Å². The fourth-order valence-electron chi connectivity index (χ4n) is 3.81. The number of aliphatic imine (C=N–C) groups is 1. The average Bonchev–Trinajstić information content (AvgIpc) is 3.27. The van der Waals surface area contributed by atoms with Crippen molar-refractivity contribution in [3.63, 3.8) is 0 Å². The number of benzene rings is 4. The lowest BCUT2D eigenvalue weighted by Gasteiger charge is -2.12. The van der Waals surface area contributed by atoms with Crippen molar-refractivity contribution < 1.29 is 19.2 Å². The van der Waals surface area contributed by atoms with E-state index in [1.165, 1.54) is 23.9 Å². The van der Waals surface area contributed by atoms with Crippen molar-refractivity contribution in [3.8, 4) is 11.5 Å². The summed E-state index contributed by atoms with van der Waals surface area (Å²) < 4.78 is 11.3. The summed E-state index contributed by atoms with van der Waals surface area (Å²) in [6.45, 7) is 0.218. The minimum absolute atomic E-state index is 0.0243. The maximum Gasteiger partial charge on any atom is 0.269 e. The predicted octanol–water partition coefficient (Wildman–Crippen LogP) is 6.23. The molecule has 1 amide bonds. The molecule has 0 atom stereocenters. The lowest BCUT2D eigenvalue weighted by molar-refractivity contribution is -0.384. The van der Waals surface area contributed by atoms with Gasteiger partial charge in [-0.15, -0.1) is 0 Å². The first kappa shape index (κ1) is 24.1. The third kappa shape index (κ3) is 5.46. The van der Waals surface area contributed by atoms with Crippen LogP contribution in [0.25, 0.3) is 16.8 Å². The molecule has 8 nitrogen and oxygen atoms in total. The molecule has 1 aliphatic heterocycles. The fraction of sp³-hybridized carbons (Fsp3) is 0.0714. The minimum Gasteiger partial charge on any atom is -0.497 e. The van der Waals surface area contributed by atoms with Crippen molar-refractivity contribution in [2.75, 3.05) is 7.11 Å². The van der Waals surface area contributed by atoms with Crippen molar-refractivity contribution in [2.45, 2.75) is 6.61 Å². The zero-order valence-corrected chi connectivity index (χ0v) is 20.5. The summed E-state index contributed by atoms with van der Waals surface area (Å²) in [6, 6.07) is 25.2. The van der Waals surface area contributed by atoms with Gasteiger partial charge in [0, 0.05) is 17.7 Å². The van der Waals surface area contributed by atoms with Crippen molar-refractivity contribution in [1.29, 1.82) is 0 Å². The Bertz CT molecular complexity index is 1550. The van der Waals surface area contributed by atoms with E-state index in [0.29, 0.717) is 21.5 Å². The number of amides is 1. The number of nitrogens with zero attached hydrogens (tertiary/aromatic N) is 2. The molecule has 5 rings (SSSR count). The van der Waals surface area contributed by atoms with Crippen molar-refractivity contribution >= 4 is 51.1 Å². The van der Waals surface area contributed by atoms with Gasteiger partial charge < -0.3 is 14.8 Å². The van der Waals surface area contributed by atoms with E-state index in [-0.39, 0.29) is 18.2 Å². The molecule has 0 radical (unpaired) electrons. The first-order valence-corrected chi connectivity index (χ1v) is 12.1. The highest BCUT2D eigenvalue weighted by atomic mass is 32.2. The summed E-state index contributed by atoms with van der Waals surface area (Å²) in [5.41, 5.74) is 2.28. The summed E-state index contributed by atoms with van der Waals surface area (Å²) in [6.07, 6.45) is 1.81. The third-order valence-corrected chi connectivity index (χ3v) is 6.61. The molecule has 37 heavy (non-hydrogen) atoms. The number of nitro groups is 1. The number of fused-ring (bicyclic) bond motifs is 1. The van der Waals surface area contributed by atoms with Gasteiger partial charge in [-0.2, -0.15) is 0 Å². The number of ether oxygens (including phenoxy) is 2. The molecule has 0 spiro atoms. The molecule has 0 aromatic heterocycles. The molecule has 0 saturated carbocycles. The van der Waals surface area contributed by atoms with Crippen molar-refractivity contribution in [2.24, 2.45) is 4.99 Å². The van der Waals surface area contributed by atoms with Crippen LogP contribution in [0.2, 0.25) is 0 Å². The topological polar surface area (TPSA) is 103 Å². The number of hydrogen-bond donors (Lipinski definition) is 1. The summed E-state index contributed by atoms with van der Waals surface area (Å²) in [5, 5.41) is 16.2. The lowest BCUT2D eigenvalue weighted by atomic mass is 10.0. The van der Waals surface area contributed by atoms with E-state index in [1.54, 1.807) is 19.2 Å². The zero-order chi connectivity index (χ0) is 25.8. The highest BCUT2D eigenvalue weighted by Crippen LogP contribution is 2.35. The Labute approximate surface area is 216 Å². The monoisotopic (exact) mass is 511 g/mol. The van der Waals surface area contributed by atoms with Gasteiger partial charge in [0.1, 0.15) is 18.1 Å². The second kappa shape index (κ2) is 10.5. The number of methoxy groups -OCH3 is 1. The Morgan fingerprint density at radius 2 is 1.76 bits per heavy atom. The van der Waals surface area contributed by atoms with Crippen LogP contribution in [-0.4, -0.2) is 23.1 Å². The summed E-state index contributed by atoms with van der Waals surface area (Å²) in [4.78, 5) is 28.3. The van der Waals surface area contributed by atoms with Gasteiger partial charge in [-0.05, 0) is 76.6 Å². The van der Waals surface area contributed by atoms with Gasteiger partial charge in [0.05, 0.1) is 22.6 Å². The molecular formula is C28H21N3O5S. The summed E-state index contributed by atoms with van der Waals surface area (Å²) in [5.74, 6) is 1.08. The summed E-state index contributed by atoms with van der Waals surface area (Å²) >= 11 is 1.25. The number of thioether (sulfide) groups is 1. The van der Waals surface area contributed by atoms with Gasteiger partial charge in [0.2, 0.25) is 0 Å². The van der Waals surface area contributed by atoms with Crippen LogP contribution in [0.1, 0.15) is 11.1 Å². The molecule has 1 N–H and O–H groups in total. The standard InChI is InChI=1S/C28H21N3O5S/c1-35-22-13-9-20(10-14-22)29-28-30-27(32)26(37-28)16-24-23-5-3-2-4-19(23)8-15-25(24)36-17-18-6-11-21(12-7-18)31(33)34/h2-16H,17H2,1H3,(H,29,30,32)/b26-16+. The molecular weight excluding hydrogens is 490 g/mol. The van der Waals surface area contributed by atoms with E-state index < -0.39 is 4.92 Å². The van der Waals surface area contributed by atoms with Gasteiger partial charge >= 0.3 is 0 Å². The normalized spacial score (nSPS) is 15.2. The highest BCUT2D eigenvalue weighted by molar-refractivity contribution is 8.18. The van der Waals surface area contributed by atoms with Crippen molar-refractivity contribution in [3.05, 3.63) is 111 Å². The minimum atomic E-state index is -0.436. The van der Waals surface area contributed by atoms with Gasteiger partial charge in [-0.1, -0.05) is 30.3 Å². The molecule has 1 heterocycles. The number of nitro benzene ring substituents is 1. The number of non-ortho nitro benzene ring substituents is 1. The number of amidine groups is 1. The second-order valence-corrected chi connectivity index (χ2v) is 9.12. The molecule has 1 saturated heterocycles. The SMILES string of the molecule is COc1ccc(N=C2NC(=O)/C(=C\c3c(OCc4ccc([N+](=O)[O-])cc4)ccc4ccccc34)S2)cc1. The Hall–Kier alpha value is -4.63. The smallest absolute Gasteiger partial charge is 0.269 e. The second-order valence-electron chi connectivity index (χ2n) is 8.09. The van der Waals surface area contributed by atoms with Crippen LogP contribution < -0.4 is 14.8 Å². The highest BCUT2D eigenvalue weighted by Gasteiger charge is 2.25. The van der Waals surface area contributed by atoms with Crippen LogP contribution in [0, 0.1) is 10.1 Å². The number of hydrogen-bond acceptors (Lipinski definition) is 7. The van der Waals surface area contributed by atoms with Crippen LogP contribution in [0.3, 0.4) is 0 Å². The molecule has 0 aliphatic carbocycles. The Morgan fingerprint density at radius 3 is 2.49 bits per heavy atom. The first-order valence-electron chi connectivity index (χ1n) is 11.3. The Balaban J connectivity index is 1.44. The molecule has 9 heteroatoms. The quantitative estimate of drug-likeness (QED) is 0.179. The molecule has 1 fully saturated rings. The molecule has 0 bridgehead atoms. The van der Waals surface area contributed by atoms with Crippen LogP contribution in [0.15, 0.2) is 94.8 Å². The van der Waals surface area contributed by atoms with Gasteiger partial charge in [0.15, 0.2) is 5.17 Å². The van der Waals surface area contributed by atoms with Crippen LogP contribution in [0.4, 0.5) is 11.4 Å². The van der Waals surface area contributed by atoms with Gasteiger partial charge in [-0.3, -0.25) is 14.9 Å². The maximum atomic E-state index is 12.8. The maximum absolute atomic E-state index is 12.8. The molecule has 0 unspecified atom stereocenters. The van der Waals surface area contributed by atoms with Gasteiger partial charge in [0.25, 0.3) is 11.6 Å². The van der Waals surface area contributed by atoms with E-state index in [9.17, 15) is 14.9 Å². The molecule has 184 valence electrons. The summed E-state index contributed by atoms with van der Waals surface area (Å²) in [7, 11) is 1.60. The van der Waals surface area contributed by atoms with E-state index in [0.717, 1.165) is 27.6 Å². The Morgan fingerprint density at radius 1 is 1.00 bits per heavy atom. The van der Waals surface area contributed by atoms with E-state index in [4.69, 9.17) is 9.47 Å². The molecule has 1 aliphatic rings. The zero-order valence-electron chi connectivity index (χ0n) is 19.7. The first-order chi connectivity index (χ1) is 18.0. The number of carbonyl (C=O) groups excluding carboxylic acids is 1. The molecule has 4 aromatic carbocycles. The van der Waals surface area contributed by atoms with Gasteiger partial charge in [-0.25, -0.2) is 4.99 Å². The van der Waals surface area contributed by atoms with Crippen molar-refractivity contribution in [1.82, 2.24) is 5.32 Å². The van der Waals surface area contributed by atoms with E-state index >= 15 is 0 Å². The van der Waals surface area contributed by atoms with Crippen LogP contribution in [0.5, 0.6) is 11.5 Å². The fourth-order valence-corrected chi connectivity index (χ4v) is 4.63.